The monoisotopic (exact) mass is 382 g/mol. The highest BCUT2D eigenvalue weighted by atomic mass is 16.5. The second-order valence-electron chi connectivity index (χ2n) is 7.75. The summed E-state index contributed by atoms with van der Waals surface area (Å²) in [6, 6.07) is 21.9. The Morgan fingerprint density at radius 1 is 0.536 bits per heavy atom. The van der Waals surface area contributed by atoms with Gasteiger partial charge in [0.25, 0.3) is 0 Å². The molecule has 4 rings (SSSR count). The molecule has 28 heavy (non-hydrogen) atoms. The predicted molar refractivity (Wildman–Crippen MR) is 115 cm³/mol. The fourth-order valence-electron chi connectivity index (χ4n) is 2.67. The summed E-state index contributed by atoms with van der Waals surface area (Å²) in [5.41, 5.74) is -2.01. The highest BCUT2D eigenvalue weighted by Gasteiger charge is 2.31. The molecule has 0 fully saturated rings. The van der Waals surface area contributed by atoms with Crippen molar-refractivity contribution in [2.24, 2.45) is 0 Å². The van der Waals surface area contributed by atoms with Crippen molar-refractivity contribution in [2.45, 2.75) is 38.9 Å². The Morgan fingerprint density at radius 2 is 0.750 bits per heavy atom. The van der Waals surface area contributed by atoms with Gasteiger partial charge in [-0.2, -0.15) is 0 Å². The van der Waals surface area contributed by atoms with E-state index in [2.05, 4.69) is 60.7 Å². The average molecular weight is 382 g/mol. The van der Waals surface area contributed by atoms with Crippen molar-refractivity contribution in [1.29, 1.82) is 0 Å². The summed E-state index contributed by atoms with van der Waals surface area (Å²) in [5, 5.41) is 47.9. The minimum Gasteiger partial charge on any atom is -0.402 e. The normalized spacial score (nSPS) is 11.8. The maximum atomic E-state index is 9.10. The minimum absolute atomic E-state index is 1.01. The summed E-state index contributed by atoms with van der Waals surface area (Å²) in [4.78, 5) is 0. The molecule has 0 bridgehead atoms. The lowest BCUT2D eigenvalue weighted by Gasteiger charge is -2.31. The van der Waals surface area contributed by atoms with Crippen molar-refractivity contribution < 1.29 is 25.3 Å². The first-order valence-corrected chi connectivity index (χ1v) is 9.03. The van der Waals surface area contributed by atoms with Gasteiger partial charge in [0, 0.05) is 0 Å². The lowest BCUT2D eigenvalue weighted by atomic mass is 9.90. The standard InChI is InChI=1S/C16H10.C6H14O2.BH3O3/c1-3-11-7-9-13-5-2-6-14-10-8-12(4-1)15(11)16(13)14;1-5(2,7)6(3,4)8;2-1(3)4/h1-10H;7-8H,1-4H3;2-4H. The Hall–Kier alpha value is -2.22. The molecule has 148 valence electrons. The van der Waals surface area contributed by atoms with Crippen molar-refractivity contribution in [1.82, 2.24) is 0 Å². The molecular weight excluding hydrogens is 355 g/mol. The molecule has 0 aliphatic rings. The molecule has 0 aliphatic carbocycles. The van der Waals surface area contributed by atoms with Crippen LogP contribution >= 0.6 is 0 Å². The van der Waals surface area contributed by atoms with E-state index in [1.54, 1.807) is 27.7 Å². The van der Waals surface area contributed by atoms with E-state index >= 15 is 0 Å². The molecule has 0 saturated heterocycles. The zero-order valence-corrected chi connectivity index (χ0v) is 16.6. The molecule has 0 saturated carbocycles. The second kappa shape index (κ2) is 8.43. The van der Waals surface area contributed by atoms with Crippen LogP contribution in [0.2, 0.25) is 0 Å². The predicted octanol–water partition coefficient (Wildman–Crippen LogP) is 3.06. The van der Waals surface area contributed by atoms with Crippen LogP contribution in [0, 0.1) is 0 Å². The highest BCUT2D eigenvalue weighted by molar-refractivity contribution is 6.30. The fourth-order valence-corrected chi connectivity index (χ4v) is 2.67. The maximum absolute atomic E-state index is 9.10. The van der Waals surface area contributed by atoms with Crippen LogP contribution in [0.5, 0.6) is 0 Å². The Bertz CT molecular complexity index is 887. The second-order valence-corrected chi connectivity index (χ2v) is 7.75. The third-order valence-corrected chi connectivity index (χ3v) is 4.89. The van der Waals surface area contributed by atoms with Gasteiger partial charge >= 0.3 is 7.32 Å². The van der Waals surface area contributed by atoms with Gasteiger partial charge in [-0.1, -0.05) is 60.7 Å². The molecule has 5 nitrogen and oxygen atoms in total. The lowest BCUT2D eigenvalue weighted by molar-refractivity contribution is -0.107. The number of rotatable bonds is 1. The van der Waals surface area contributed by atoms with Crippen LogP contribution in [0.1, 0.15) is 27.7 Å². The summed E-state index contributed by atoms with van der Waals surface area (Å²) in [7, 11) is -2.17. The van der Waals surface area contributed by atoms with Crippen LogP contribution in [-0.2, 0) is 0 Å². The SMILES string of the molecule is CC(C)(O)C(C)(C)O.OB(O)O.c1cc2ccc3cccc4ccc(c1)c2c34. The van der Waals surface area contributed by atoms with E-state index in [1.807, 2.05) is 0 Å². The molecule has 0 atom stereocenters. The van der Waals surface area contributed by atoms with E-state index in [0.717, 1.165) is 0 Å². The number of hydrogen-bond acceptors (Lipinski definition) is 5. The van der Waals surface area contributed by atoms with Crippen LogP contribution in [-0.4, -0.2) is 43.8 Å². The van der Waals surface area contributed by atoms with Gasteiger partial charge in [0.15, 0.2) is 0 Å². The van der Waals surface area contributed by atoms with Gasteiger partial charge in [-0.3, -0.25) is 0 Å². The van der Waals surface area contributed by atoms with Crippen LogP contribution in [0.15, 0.2) is 60.7 Å². The summed E-state index contributed by atoms with van der Waals surface area (Å²) in [6.45, 7) is 6.31. The van der Waals surface area contributed by atoms with Crippen LogP contribution < -0.4 is 0 Å². The van der Waals surface area contributed by atoms with E-state index in [9.17, 15) is 0 Å². The third kappa shape index (κ3) is 5.19. The van der Waals surface area contributed by atoms with E-state index in [0.29, 0.717) is 0 Å². The van der Waals surface area contributed by atoms with Gasteiger partial charge in [0.1, 0.15) is 0 Å². The van der Waals surface area contributed by atoms with Gasteiger partial charge < -0.3 is 25.3 Å². The van der Waals surface area contributed by atoms with Crippen LogP contribution in [0.25, 0.3) is 32.3 Å². The fraction of sp³-hybridized carbons (Fsp3) is 0.273. The number of aliphatic hydroxyl groups is 2. The maximum Gasteiger partial charge on any atom is 0.631 e. The molecule has 4 aromatic rings. The first-order chi connectivity index (χ1) is 12.9. The molecule has 4 aromatic carbocycles. The van der Waals surface area contributed by atoms with Crippen molar-refractivity contribution in [2.75, 3.05) is 0 Å². The number of benzene rings is 4. The molecule has 6 heteroatoms. The molecule has 0 spiro atoms. The molecule has 0 amide bonds. The smallest absolute Gasteiger partial charge is 0.402 e. The minimum atomic E-state index is -2.17. The summed E-state index contributed by atoms with van der Waals surface area (Å²) >= 11 is 0. The van der Waals surface area contributed by atoms with Gasteiger partial charge in [-0.15, -0.1) is 0 Å². The van der Waals surface area contributed by atoms with Crippen LogP contribution in [0.4, 0.5) is 0 Å². The quantitative estimate of drug-likeness (QED) is 0.257. The molecular formula is C22H27BO5. The van der Waals surface area contributed by atoms with Gasteiger partial charge in [-0.25, -0.2) is 0 Å². The first-order valence-electron chi connectivity index (χ1n) is 9.03. The summed E-state index contributed by atoms with van der Waals surface area (Å²) in [5.74, 6) is 0. The van der Waals surface area contributed by atoms with Crippen molar-refractivity contribution >= 4 is 39.6 Å². The molecule has 0 aliphatic heterocycles. The van der Waals surface area contributed by atoms with Crippen molar-refractivity contribution in [3.05, 3.63) is 60.7 Å². The van der Waals surface area contributed by atoms with Gasteiger partial charge in [0.05, 0.1) is 11.2 Å². The lowest BCUT2D eigenvalue weighted by Crippen LogP contribution is -2.44. The Labute approximate surface area is 165 Å². The Morgan fingerprint density at radius 3 is 0.929 bits per heavy atom. The number of hydrogen-bond donors (Lipinski definition) is 5. The van der Waals surface area contributed by atoms with E-state index < -0.39 is 18.5 Å². The highest BCUT2D eigenvalue weighted by Crippen LogP contribution is 2.33. The zero-order chi connectivity index (χ0) is 21.1. The molecule has 0 heterocycles. The first kappa shape index (κ1) is 22.1. The Kier molecular flexibility index (Phi) is 6.65. The molecule has 0 radical (unpaired) electrons. The summed E-state index contributed by atoms with van der Waals surface area (Å²) < 4.78 is 0. The van der Waals surface area contributed by atoms with Gasteiger partial charge in [-0.05, 0) is 60.0 Å². The molecule has 0 unspecified atom stereocenters. The third-order valence-electron chi connectivity index (χ3n) is 4.89. The topological polar surface area (TPSA) is 101 Å². The van der Waals surface area contributed by atoms with Crippen molar-refractivity contribution in [3.63, 3.8) is 0 Å². The molecule has 5 N–H and O–H groups in total. The summed E-state index contributed by atoms with van der Waals surface area (Å²) in [6.07, 6.45) is 0. The van der Waals surface area contributed by atoms with Crippen molar-refractivity contribution in [3.8, 4) is 0 Å². The average Bonchev–Trinajstić information content (AvgIpc) is 2.58. The molecule has 0 aromatic heterocycles. The van der Waals surface area contributed by atoms with Crippen LogP contribution in [0.3, 0.4) is 0 Å². The zero-order valence-electron chi connectivity index (χ0n) is 16.6. The van der Waals surface area contributed by atoms with E-state index in [4.69, 9.17) is 25.3 Å². The largest absolute Gasteiger partial charge is 0.631 e. The van der Waals surface area contributed by atoms with E-state index in [-0.39, 0.29) is 0 Å². The van der Waals surface area contributed by atoms with Gasteiger partial charge in [0.2, 0.25) is 0 Å². The Balaban J connectivity index is 0.000000199. The van der Waals surface area contributed by atoms with E-state index in [1.165, 1.54) is 32.3 Å².